The van der Waals surface area contributed by atoms with Crippen LogP contribution in [0, 0.1) is 0 Å². The molecule has 0 bridgehead atoms. The van der Waals surface area contributed by atoms with Crippen LogP contribution in [0.15, 0.2) is 29.1 Å². The number of rotatable bonds is 4. The number of ether oxygens (including phenoxy) is 1. The largest absolute Gasteiger partial charge is 0.464 e. The molecule has 0 spiro atoms. The molecule has 0 aliphatic heterocycles. The molecular weight excluding hydrogens is 284 g/mol. The fourth-order valence-corrected chi connectivity index (χ4v) is 1.73. The number of carbonyl (C=O) groups is 1. The number of benzene rings is 1. The lowest BCUT2D eigenvalue weighted by molar-refractivity contribution is -0.147. The minimum absolute atomic E-state index is 0.239. The monoisotopic (exact) mass is 296 g/mol. The molecular formula is C12H13ClN4O3. The second-order valence-electron chi connectivity index (χ2n) is 4.02. The van der Waals surface area contributed by atoms with Gasteiger partial charge in [-0.05, 0) is 48.5 Å². The van der Waals surface area contributed by atoms with Gasteiger partial charge in [0.1, 0.15) is 0 Å². The SMILES string of the molecule is CCOC(=O)C(C)n1nnn(-c2ccc(Cl)cc2)c1=O. The van der Waals surface area contributed by atoms with E-state index in [9.17, 15) is 9.59 Å². The number of esters is 1. The summed E-state index contributed by atoms with van der Waals surface area (Å²) in [5.41, 5.74) is -0.00501. The van der Waals surface area contributed by atoms with Crippen molar-refractivity contribution < 1.29 is 9.53 Å². The Labute approximate surface area is 119 Å². The smallest absolute Gasteiger partial charge is 0.369 e. The van der Waals surface area contributed by atoms with Crippen molar-refractivity contribution in [2.75, 3.05) is 6.61 Å². The number of halogens is 1. The highest BCUT2D eigenvalue weighted by Crippen LogP contribution is 2.11. The maximum atomic E-state index is 12.2. The number of hydrogen-bond acceptors (Lipinski definition) is 5. The molecule has 2 aromatic rings. The molecule has 0 saturated carbocycles. The van der Waals surface area contributed by atoms with Gasteiger partial charge in [0.2, 0.25) is 0 Å². The van der Waals surface area contributed by atoms with Gasteiger partial charge in [-0.1, -0.05) is 11.6 Å². The van der Waals surface area contributed by atoms with Crippen LogP contribution in [0.1, 0.15) is 19.9 Å². The van der Waals surface area contributed by atoms with Gasteiger partial charge < -0.3 is 4.74 Å². The molecule has 1 aromatic heterocycles. The fraction of sp³-hybridized carbons (Fsp3) is 0.333. The van der Waals surface area contributed by atoms with Gasteiger partial charge >= 0.3 is 11.7 Å². The molecule has 0 aliphatic carbocycles. The molecule has 0 fully saturated rings. The molecule has 1 heterocycles. The van der Waals surface area contributed by atoms with Crippen molar-refractivity contribution in [1.29, 1.82) is 0 Å². The molecule has 0 amide bonds. The standard InChI is InChI=1S/C12H13ClN4O3/c1-3-20-11(18)8(2)16-12(19)17(15-14-16)10-6-4-9(13)5-7-10/h4-8H,3H2,1-2H3. The Balaban J connectivity index is 2.34. The third-order valence-electron chi connectivity index (χ3n) is 2.67. The van der Waals surface area contributed by atoms with Crippen LogP contribution in [0.4, 0.5) is 0 Å². The number of aromatic nitrogens is 4. The van der Waals surface area contributed by atoms with Crippen LogP contribution in [-0.2, 0) is 9.53 Å². The zero-order chi connectivity index (χ0) is 14.7. The fourth-order valence-electron chi connectivity index (χ4n) is 1.61. The summed E-state index contributed by atoms with van der Waals surface area (Å²) in [4.78, 5) is 23.8. The Kier molecular flexibility index (Phi) is 4.19. The normalized spacial score (nSPS) is 12.2. The molecule has 7 nitrogen and oxygen atoms in total. The minimum atomic E-state index is -0.830. The first-order valence-corrected chi connectivity index (χ1v) is 6.39. The molecule has 0 saturated heterocycles. The summed E-state index contributed by atoms with van der Waals surface area (Å²) < 4.78 is 6.92. The van der Waals surface area contributed by atoms with E-state index in [2.05, 4.69) is 10.4 Å². The molecule has 1 aromatic carbocycles. The summed E-state index contributed by atoms with van der Waals surface area (Å²) in [6, 6.07) is 5.72. The molecule has 1 unspecified atom stereocenters. The minimum Gasteiger partial charge on any atom is -0.464 e. The summed E-state index contributed by atoms with van der Waals surface area (Å²) in [6.07, 6.45) is 0. The first kappa shape index (κ1) is 14.3. The highest BCUT2D eigenvalue weighted by atomic mass is 35.5. The van der Waals surface area contributed by atoms with Crippen LogP contribution in [0.25, 0.3) is 5.69 Å². The molecule has 8 heteroatoms. The van der Waals surface area contributed by atoms with Crippen molar-refractivity contribution in [2.45, 2.75) is 19.9 Å². The van der Waals surface area contributed by atoms with Gasteiger partial charge in [0.15, 0.2) is 6.04 Å². The van der Waals surface area contributed by atoms with Gasteiger partial charge in [0.05, 0.1) is 12.3 Å². The van der Waals surface area contributed by atoms with Gasteiger partial charge in [-0.25, -0.2) is 9.59 Å². The van der Waals surface area contributed by atoms with E-state index in [1.165, 1.54) is 6.92 Å². The lowest BCUT2D eigenvalue weighted by Gasteiger charge is -2.08. The van der Waals surface area contributed by atoms with E-state index >= 15 is 0 Å². The van der Waals surface area contributed by atoms with Crippen molar-refractivity contribution in [3.8, 4) is 5.69 Å². The molecule has 0 radical (unpaired) electrons. The predicted octanol–water partition coefficient (Wildman–Crippen LogP) is 1.21. The number of carbonyl (C=O) groups excluding carboxylic acids is 1. The van der Waals surface area contributed by atoms with E-state index in [1.54, 1.807) is 31.2 Å². The average Bonchev–Trinajstić information content (AvgIpc) is 2.81. The number of hydrogen-bond donors (Lipinski definition) is 0. The van der Waals surface area contributed by atoms with E-state index in [0.717, 1.165) is 9.36 Å². The second kappa shape index (κ2) is 5.87. The molecule has 0 aliphatic rings. The van der Waals surface area contributed by atoms with E-state index < -0.39 is 17.7 Å². The van der Waals surface area contributed by atoms with Crippen molar-refractivity contribution in [2.24, 2.45) is 0 Å². The van der Waals surface area contributed by atoms with Gasteiger partial charge in [-0.3, -0.25) is 0 Å². The van der Waals surface area contributed by atoms with Crippen LogP contribution >= 0.6 is 11.6 Å². The maximum absolute atomic E-state index is 12.2. The van der Waals surface area contributed by atoms with E-state index in [-0.39, 0.29) is 6.61 Å². The van der Waals surface area contributed by atoms with Gasteiger partial charge in [0, 0.05) is 5.02 Å². The summed E-state index contributed by atoms with van der Waals surface area (Å²) in [5.74, 6) is -0.530. The molecule has 2 rings (SSSR count). The van der Waals surface area contributed by atoms with Crippen molar-refractivity contribution in [1.82, 2.24) is 19.8 Å². The van der Waals surface area contributed by atoms with Crippen LogP contribution in [0.5, 0.6) is 0 Å². The first-order valence-electron chi connectivity index (χ1n) is 6.01. The summed E-state index contributed by atoms with van der Waals surface area (Å²) in [6.45, 7) is 3.46. The lowest BCUT2D eigenvalue weighted by Crippen LogP contribution is -2.31. The van der Waals surface area contributed by atoms with Gasteiger partial charge in [-0.15, -0.1) is 0 Å². The van der Waals surface area contributed by atoms with Crippen molar-refractivity contribution in [3.63, 3.8) is 0 Å². The van der Waals surface area contributed by atoms with Gasteiger partial charge in [-0.2, -0.15) is 9.36 Å². The molecule has 0 N–H and O–H groups in total. The van der Waals surface area contributed by atoms with Crippen LogP contribution in [0.3, 0.4) is 0 Å². The van der Waals surface area contributed by atoms with Crippen molar-refractivity contribution in [3.05, 3.63) is 39.8 Å². The average molecular weight is 297 g/mol. The Morgan fingerprint density at radius 2 is 2.00 bits per heavy atom. The zero-order valence-electron chi connectivity index (χ0n) is 11.0. The lowest BCUT2D eigenvalue weighted by atomic mass is 10.3. The van der Waals surface area contributed by atoms with E-state index in [4.69, 9.17) is 16.3 Å². The third-order valence-corrected chi connectivity index (χ3v) is 2.92. The quantitative estimate of drug-likeness (QED) is 0.792. The summed E-state index contributed by atoms with van der Waals surface area (Å²) in [7, 11) is 0. The predicted molar refractivity (Wildman–Crippen MR) is 72.0 cm³/mol. The van der Waals surface area contributed by atoms with Gasteiger partial charge in [0.25, 0.3) is 0 Å². The van der Waals surface area contributed by atoms with Crippen LogP contribution in [-0.4, -0.2) is 32.4 Å². The van der Waals surface area contributed by atoms with E-state index in [1.807, 2.05) is 0 Å². The first-order chi connectivity index (χ1) is 9.54. The zero-order valence-corrected chi connectivity index (χ0v) is 11.7. The Morgan fingerprint density at radius 1 is 1.35 bits per heavy atom. The molecule has 106 valence electrons. The molecule has 20 heavy (non-hydrogen) atoms. The topological polar surface area (TPSA) is 79.0 Å². The van der Waals surface area contributed by atoms with Crippen molar-refractivity contribution >= 4 is 17.6 Å². The number of nitrogens with zero attached hydrogens (tertiary/aromatic N) is 4. The van der Waals surface area contributed by atoms with Crippen LogP contribution in [0.2, 0.25) is 5.02 Å². The highest BCUT2D eigenvalue weighted by molar-refractivity contribution is 6.30. The Hall–Kier alpha value is -2.15. The number of tetrazole rings is 1. The highest BCUT2D eigenvalue weighted by Gasteiger charge is 2.21. The molecule has 1 atom stereocenters. The second-order valence-corrected chi connectivity index (χ2v) is 4.46. The summed E-state index contributed by atoms with van der Waals surface area (Å²) >= 11 is 5.78. The van der Waals surface area contributed by atoms with Crippen LogP contribution < -0.4 is 5.69 Å². The summed E-state index contributed by atoms with van der Waals surface area (Å²) in [5, 5.41) is 8.00. The Bertz CT molecular complexity index is 662. The third kappa shape index (κ3) is 2.72. The Morgan fingerprint density at radius 3 is 2.60 bits per heavy atom. The van der Waals surface area contributed by atoms with E-state index in [0.29, 0.717) is 10.7 Å². The maximum Gasteiger partial charge on any atom is 0.369 e.